The standard InChI is InChI=1S/C28H31N3O7/c1-18(7-6-10-24(34)30(13-14-32)17-20-8-4-3-5-9-20)28(37)22-15-21(11-12-23(22)29-27(28)36)31-25(35)16-26(31)38-19(2)33/h3-9,11-12,15,18,26,32,37H,10,13-14,16-17H2,1-2H3,(H,29,36)/b7-6+/t18-,26?,28+/m1/s1. The number of ether oxygens (including phenoxy) is 1. The summed E-state index contributed by atoms with van der Waals surface area (Å²) in [6, 6.07) is 14.2. The number of rotatable bonds is 10. The SMILES string of the molecule is CC(=O)OC1CC(=O)N1c1ccc2c(c1)[C@@](O)([C@H](C)/C=C/CC(=O)N(CCO)Cc1ccccc1)C(=O)N2. The Morgan fingerprint density at radius 1 is 1.24 bits per heavy atom. The van der Waals surface area contributed by atoms with E-state index in [0.717, 1.165) is 5.56 Å². The fourth-order valence-corrected chi connectivity index (χ4v) is 4.74. The Kier molecular flexibility index (Phi) is 7.94. The van der Waals surface area contributed by atoms with Gasteiger partial charge in [0.05, 0.1) is 13.0 Å². The molecule has 38 heavy (non-hydrogen) atoms. The molecule has 10 nitrogen and oxygen atoms in total. The van der Waals surface area contributed by atoms with Crippen LogP contribution in [0.25, 0.3) is 0 Å². The van der Waals surface area contributed by atoms with Crippen molar-refractivity contribution in [2.24, 2.45) is 5.92 Å². The summed E-state index contributed by atoms with van der Waals surface area (Å²) in [4.78, 5) is 52.2. The van der Waals surface area contributed by atoms with Gasteiger partial charge in [0, 0.05) is 49.3 Å². The van der Waals surface area contributed by atoms with Gasteiger partial charge in [-0.1, -0.05) is 49.4 Å². The Labute approximate surface area is 220 Å². The van der Waals surface area contributed by atoms with E-state index in [1.165, 1.54) is 11.8 Å². The van der Waals surface area contributed by atoms with Gasteiger partial charge < -0.3 is 25.2 Å². The van der Waals surface area contributed by atoms with Crippen molar-refractivity contribution < 1.29 is 34.1 Å². The van der Waals surface area contributed by atoms with Gasteiger partial charge in [0.1, 0.15) is 0 Å². The highest BCUT2D eigenvalue weighted by Crippen LogP contribution is 2.44. The molecule has 1 fully saturated rings. The van der Waals surface area contributed by atoms with Crippen LogP contribution in [0.3, 0.4) is 0 Å². The third-order valence-electron chi connectivity index (χ3n) is 6.81. The number of nitrogens with zero attached hydrogens (tertiary/aromatic N) is 2. The topological polar surface area (TPSA) is 136 Å². The normalized spacial score (nSPS) is 21.1. The average Bonchev–Trinajstić information content (AvgIpc) is 3.14. The number of aliphatic hydroxyl groups is 2. The minimum Gasteiger partial charge on any atom is -0.441 e. The van der Waals surface area contributed by atoms with Crippen LogP contribution in [0.15, 0.2) is 60.7 Å². The molecule has 0 saturated carbocycles. The molecule has 3 amide bonds. The molecule has 0 aromatic heterocycles. The average molecular weight is 522 g/mol. The summed E-state index contributed by atoms with van der Waals surface area (Å²) in [7, 11) is 0. The second-order valence-corrected chi connectivity index (χ2v) is 9.43. The van der Waals surface area contributed by atoms with E-state index in [1.54, 1.807) is 42.2 Å². The van der Waals surface area contributed by atoms with E-state index in [4.69, 9.17) is 4.74 Å². The van der Waals surface area contributed by atoms with Crippen LogP contribution in [-0.2, 0) is 36.1 Å². The van der Waals surface area contributed by atoms with E-state index < -0.39 is 29.6 Å². The van der Waals surface area contributed by atoms with Crippen LogP contribution in [0.4, 0.5) is 11.4 Å². The van der Waals surface area contributed by atoms with Crippen LogP contribution in [0.1, 0.15) is 37.8 Å². The molecular weight excluding hydrogens is 490 g/mol. The Morgan fingerprint density at radius 2 is 1.97 bits per heavy atom. The van der Waals surface area contributed by atoms with E-state index in [-0.39, 0.29) is 43.4 Å². The van der Waals surface area contributed by atoms with Crippen molar-refractivity contribution in [2.75, 3.05) is 23.4 Å². The molecule has 10 heteroatoms. The number of hydrogen-bond acceptors (Lipinski definition) is 7. The minimum absolute atomic E-state index is 0.0219. The van der Waals surface area contributed by atoms with Gasteiger partial charge >= 0.3 is 5.97 Å². The summed E-state index contributed by atoms with van der Waals surface area (Å²) in [6.45, 7) is 3.29. The van der Waals surface area contributed by atoms with Crippen LogP contribution in [-0.4, -0.2) is 58.2 Å². The summed E-state index contributed by atoms with van der Waals surface area (Å²) >= 11 is 0. The zero-order valence-electron chi connectivity index (χ0n) is 21.3. The van der Waals surface area contributed by atoms with Gasteiger partial charge in [-0.2, -0.15) is 0 Å². The summed E-state index contributed by atoms with van der Waals surface area (Å²) in [5.74, 6) is -2.30. The molecule has 1 saturated heterocycles. The first-order valence-electron chi connectivity index (χ1n) is 12.4. The quantitative estimate of drug-likeness (QED) is 0.247. The summed E-state index contributed by atoms with van der Waals surface area (Å²) in [5, 5.41) is 23.6. The minimum atomic E-state index is -1.94. The monoisotopic (exact) mass is 521 g/mol. The largest absolute Gasteiger partial charge is 0.441 e. The number of hydrogen-bond donors (Lipinski definition) is 3. The third kappa shape index (κ3) is 5.32. The van der Waals surface area contributed by atoms with Gasteiger partial charge in [-0.05, 0) is 23.8 Å². The number of β-lactam (4-membered cyclic amide) rings is 1. The summed E-state index contributed by atoms with van der Waals surface area (Å²) in [5.41, 5.74) is 0.0906. The highest BCUT2D eigenvalue weighted by Gasteiger charge is 2.49. The molecule has 0 radical (unpaired) electrons. The van der Waals surface area contributed by atoms with Gasteiger partial charge in [0.25, 0.3) is 5.91 Å². The van der Waals surface area contributed by atoms with E-state index in [0.29, 0.717) is 17.9 Å². The van der Waals surface area contributed by atoms with Crippen molar-refractivity contribution in [3.63, 3.8) is 0 Å². The van der Waals surface area contributed by atoms with Crippen LogP contribution in [0, 0.1) is 5.92 Å². The number of esters is 1. The Balaban J connectivity index is 1.49. The second kappa shape index (κ2) is 11.2. The Bertz CT molecular complexity index is 1260. The third-order valence-corrected chi connectivity index (χ3v) is 6.81. The summed E-state index contributed by atoms with van der Waals surface area (Å²) < 4.78 is 5.17. The molecule has 2 aliphatic heterocycles. The van der Waals surface area contributed by atoms with Crippen molar-refractivity contribution in [2.45, 2.75) is 45.1 Å². The maximum atomic E-state index is 12.9. The van der Waals surface area contributed by atoms with Crippen molar-refractivity contribution in [1.29, 1.82) is 0 Å². The van der Waals surface area contributed by atoms with Crippen LogP contribution in [0.2, 0.25) is 0 Å². The molecule has 200 valence electrons. The van der Waals surface area contributed by atoms with Gasteiger partial charge in [-0.3, -0.25) is 24.1 Å². The molecular formula is C28H31N3O7. The lowest BCUT2D eigenvalue weighted by atomic mass is 9.82. The van der Waals surface area contributed by atoms with Gasteiger partial charge in [-0.15, -0.1) is 0 Å². The smallest absolute Gasteiger partial charge is 0.304 e. The molecule has 0 spiro atoms. The van der Waals surface area contributed by atoms with Gasteiger partial charge in [0.2, 0.25) is 11.8 Å². The number of anilines is 2. The zero-order chi connectivity index (χ0) is 27.4. The first-order chi connectivity index (χ1) is 18.1. The predicted molar refractivity (Wildman–Crippen MR) is 138 cm³/mol. The molecule has 3 N–H and O–H groups in total. The lowest BCUT2D eigenvalue weighted by molar-refractivity contribution is -0.154. The Morgan fingerprint density at radius 3 is 2.63 bits per heavy atom. The number of fused-ring (bicyclic) bond motifs is 1. The molecule has 2 aliphatic rings. The molecule has 2 aromatic carbocycles. The van der Waals surface area contributed by atoms with E-state index in [9.17, 15) is 29.4 Å². The molecule has 3 atom stereocenters. The van der Waals surface area contributed by atoms with Crippen LogP contribution >= 0.6 is 0 Å². The zero-order valence-corrected chi connectivity index (χ0v) is 21.3. The molecule has 0 aliphatic carbocycles. The predicted octanol–water partition coefficient (Wildman–Crippen LogP) is 2.06. The first kappa shape index (κ1) is 27.0. The Hall–Kier alpha value is -4.02. The number of carbonyl (C=O) groups is 4. The van der Waals surface area contributed by atoms with Crippen LogP contribution in [0.5, 0.6) is 0 Å². The maximum Gasteiger partial charge on any atom is 0.304 e. The first-order valence-corrected chi connectivity index (χ1v) is 12.4. The van der Waals surface area contributed by atoms with Crippen molar-refractivity contribution in [3.05, 3.63) is 71.8 Å². The summed E-state index contributed by atoms with van der Waals surface area (Å²) in [6.07, 6.45) is 2.55. The molecule has 4 rings (SSSR count). The fraction of sp³-hybridized carbons (Fsp3) is 0.357. The van der Waals surface area contributed by atoms with Crippen molar-refractivity contribution in [3.8, 4) is 0 Å². The van der Waals surface area contributed by atoms with Crippen molar-refractivity contribution in [1.82, 2.24) is 4.90 Å². The fourth-order valence-electron chi connectivity index (χ4n) is 4.74. The lowest BCUT2D eigenvalue weighted by Gasteiger charge is -2.39. The lowest BCUT2D eigenvalue weighted by Crippen LogP contribution is -2.55. The highest BCUT2D eigenvalue weighted by atomic mass is 16.6. The van der Waals surface area contributed by atoms with E-state index in [2.05, 4.69) is 5.32 Å². The molecule has 2 heterocycles. The highest BCUT2D eigenvalue weighted by molar-refractivity contribution is 6.07. The number of benzene rings is 2. The van der Waals surface area contributed by atoms with Crippen LogP contribution < -0.4 is 10.2 Å². The van der Waals surface area contributed by atoms with Gasteiger partial charge in [-0.25, -0.2) is 0 Å². The van der Waals surface area contributed by atoms with E-state index >= 15 is 0 Å². The molecule has 2 aromatic rings. The molecule has 1 unspecified atom stereocenters. The number of nitrogens with one attached hydrogen (secondary N) is 1. The number of amides is 3. The van der Waals surface area contributed by atoms with Gasteiger partial charge in [0.15, 0.2) is 11.8 Å². The van der Waals surface area contributed by atoms with E-state index in [1.807, 2.05) is 30.3 Å². The van der Waals surface area contributed by atoms with Crippen molar-refractivity contribution >= 4 is 35.1 Å². The second-order valence-electron chi connectivity index (χ2n) is 9.43. The number of carbonyl (C=O) groups excluding carboxylic acids is 4. The maximum absolute atomic E-state index is 12.9. The number of aliphatic hydroxyl groups excluding tert-OH is 1. The molecule has 0 bridgehead atoms.